The molecule has 4 rings (SSSR count). The lowest BCUT2D eigenvalue weighted by atomic mass is 9.50. The van der Waals surface area contributed by atoms with Gasteiger partial charge in [0.15, 0.2) is 0 Å². The van der Waals surface area contributed by atoms with Gasteiger partial charge in [-0.25, -0.2) is 0 Å². The maximum Gasteiger partial charge on any atom is 0.720 e. The quantitative estimate of drug-likeness (QED) is 0.482. The van der Waals surface area contributed by atoms with Crippen molar-refractivity contribution in [2.75, 3.05) is 0 Å². The van der Waals surface area contributed by atoms with Crippen molar-refractivity contribution in [3.05, 3.63) is 0 Å². The van der Waals surface area contributed by atoms with Crippen LogP contribution in [0.3, 0.4) is 0 Å². The van der Waals surface area contributed by atoms with Gasteiger partial charge in [-0.1, -0.05) is 89.9 Å². The van der Waals surface area contributed by atoms with Gasteiger partial charge < -0.3 is 22.6 Å². The Hall–Kier alpha value is -0.970. The maximum atomic E-state index is 6.70. The van der Waals surface area contributed by atoms with Crippen molar-refractivity contribution in [1.29, 1.82) is 0 Å². The van der Waals surface area contributed by atoms with Crippen LogP contribution >= 0.6 is 0 Å². The summed E-state index contributed by atoms with van der Waals surface area (Å²) in [6.45, 7) is 0.0185. The van der Waals surface area contributed by atoms with Crippen LogP contribution in [-0.4, -0.2) is 25.4 Å². The van der Waals surface area contributed by atoms with Crippen molar-refractivity contribution < 1.29 is 22.6 Å². The second-order valence-electron chi connectivity index (χ2n) is 9.19. The predicted molar refractivity (Wildman–Crippen MR) is 108 cm³/mol. The highest BCUT2D eigenvalue weighted by Crippen LogP contribution is 2.46. The number of hydrogen-bond acceptors (Lipinski definition) is 3. The number of hydrogen-bond donors (Lipinski definition) is 0. The minimum absolute atomic E-state index is 0.276. The second-order valence-corrected chi connectivity index (χ2v) is 9.19. The third-order valence-electron chi connectivity index (χ3n) is 7.15. The van der Waals surface area contributed by atoms with E-state index in [1.54, 1.807) is 0 Å². The highest BCUT2D eigenvalue weighted by molar-refractivity contribution is 6.78. The molecule has 2 fully saturated rings. The Balaban J connectivity index is 1.65. The molecule has 0 N–H and O–H groups in total. The molecule has 0 aromatic heterocycles. The number of carbonyl (C=O) groups excluding carboxylic acids is 2. The summed E-state index contributed by atoms with van der Waals surface area (Å²) in [5, 5.41) is 0. The third kappa shape index (κ3) is 4.08. The average molecular weight is 378 g/mol. The monoisotopic (exact) mass is 378 g/mol. The summed E-state index contributed by atoms with van der Waals surface area (Å²) in [5.41, 5.74) is 0. The van der Waals surface area contributed by atoms with Gasteiger partial charge in [0.2, 0.25) is 0 Å². The lowest BCUT2D eigenvalue weighted by Gasteiger charge is -2.48. The van der Waals surface area contributed by atoms with Gasteiger partial charge in [0.1, 0.15) is 0 Å². The van der Waals surface area contributed by atoms with Crippen molar-refractivity contribution in [2.24, 2.45) is 0 Å². The molecule has 0 spiro atoms. The first-order valence-corrected chi connectivity index (χ1v) is 11.5. The van der Waals surface area contributed by atoms with E-state index in [9.17, 15) is 0 Å². The molecule has 0 saturated heterocycles. The van der Waals surface area contributed by atoms with E-state index in [0.29, 0.717) is 11.9 Å². The van der Waals surface area contributed by atoms with Gasteiger partial charge in [0.25, 0.3) is 0 Å². The van der Waals surface area contributed by atoms with Gasteiger partial charge >= 0.3 is 25.4 Å². The molecule has 0 aromatic carbocycles. The minimum Gasteiger partial charge on any atom is -0.567 e. The standard InChI is InChI=1S/C20H36B2O5/c1-17-23-21(19-13-9-5-3-6-10-14-19)25-18(2)26-22(24-17,27-21)20-15-11-7-4-8-12-16-20/h19-20H,3-16H2,1-2H3. The summed E-state index contributed by atoms with van der Waals surface area (Å²) in [6.07, 6.45) is 17.1. The fourth-order valence-electron chi connectivity index (χ4n) is 5.80. The summed E-state index contributed by atoms with van der Waals surface area (Å²) < 4.78 is 31.7. The normalized spacial score (nSPS) is 36.8. The van der Waals surface area contributed by atoms with Crippen LogP contribution in [0.15, 0.2) is 0 Å². The van der Waals surface area contributed by atoms with E-state index in [1.165, 1.54) is 64.2 Å². The first kappa shape index (κ1) is 19.4. The van der Waals surface area contributed by atoms with Crippen LogP contribution in [0.2, 0.25) is 11.6 Å². The smallest absolute Gasteiger partial charge is 0.567 e. The summed E-state index contributed by atoms with van der Waals surface area (Å²) in [4.78, 5) is 0. The molecule has 2 atom stereocenters. The second kappa shape index (κ2) is 8.18. The van der Waals surface area contributed by atoms with Crippen LogP contribution in [0.5, 0.6) is 0 Å². The molecule has 0 radical (unpaired) electrons. The van der Waals surface area contributed by atoms with Crippen LogP contribution in [0, 0.1) is 0 Å². The van der Waals surface area contributed by atoms with Gasteiger partial charge in [0.05, 0.1) is 13.8 Å². The molecule has 2 bridgehead atoms. The Labute approximate surface area is 163 Å². The maximum absolute atomic E-state index is 6.70. The molecule has 0 aromatic rings. The molecule has 0 amide bonds. The molecule has 2 aliphatic heterocycles. The molecule has 27 heavy (non-hydrogen) atoms. The zero-order valence-corrected chi connectivity index (χ0v) is 17.3. The summed E-state index contributed by atoms with van der Waals surface area (Å²) in [5.74, 6) is 1.69. The molecule has 2 unspecified atom stereocenters. The van der Waals surface area contributed by atoms with Crippen LogP contribution < -0.4 is 0 Å². The SMILES string of the molecule is CC1=[O+][B-]2(C3CCCCCCC3)OC(C)=[O+][B-](C3CCCCCCC3)(O1)O2. The third-order valence-corrected chi connectivity index (χ3v) is 7.15. The Morgan fingerprint density at radius 3 is 1.30 bits per heavy atom. The fraction of sp³-hybridized carbons (Fsp3) is 0.900. The summed E-state index contributed by atoms with van der Waals surface area (Å²) in [6, 6.07) is 0. The van der Waals surface area contributed by atoms with Gasteiger partial charge in [-0.05, 0) is 0 Å². The van der Waals surface area contributed by atoms with Crippen LogP contribution in [0.1, 0.15) is 104 Å². The molecule has 4 aliphatic rings. The molecule has 2 heterocycles. The van der Waals surface area contributed by atoms with E-state index >= 15 is 0 Å². The van der Waals surface area contributed by atoms with Crippen molar-refractivity contribution >= 4 is 25.4 Å². The number of rotatable bonds is 2. The molecule has 2 saturated carbocycles. The van der Waals surface area contributed by atoms with Crippen molar-refractivity contribution in [2.45, 2.75) is 115 Å². The van der Waals surface area contributed by atoms with Gasteiger partial charge in [0, 0.05) is 11.6 Å². The van der Waals surface area contributed by atoms with E-state index in [1.807, 2.05) is 13.8 Å². The van der Waals surface area contributed by atoms with Gasteiger partial charge in [-0.2, -0.15) is 0 Å². The van der Waals surface area contributed by atoms with Crippen LogP contribution in [0.4, 0.5) is 0 Å². The predicted octanol–water partition coefficient (Wildman–Crippen LogP) is 5.33. The lowest BCUT2D eigenvalue weighted by molar-refractivity contribution is -0.439. The van der Waals surface area contributed by atoms with Crippen molar-refractivity contribution in [3.8, 4) is 0 Å². The Kier molecular flexibility index (Phi) is 5.86. The Morgan fingerprint density at radius 1 is 0.593 bits per heavy atom. The highest BCUT2D eigenvalue weighted by Gasteiger charge is 2.71. The largest absolute Gasteiger partial charge is 0.720 e. The van der Waals surface area contributed by atoms with Gasteiger partial charge in [-0.15, -0.1) is 0 Å². The topological polar surface area (TPSA) is 50.3 Å². The first-order chi connectivity index (χ1) is 13.1. The fourth-order valence-corrected chi connectivity index (χ4v) is 5.80. The molecular weight excluding hydrogens is 342 g/mol. The zero-order chi connectivity index (χ0) is 18.7. The van der Waals surface area contributed by atoms with E-state index in [-0.39, 0.29) is 11.6 Å². The Bertz CT molecular complexity index is 529. The molecular formula is C20H36B2O5. The average Bonchev–Trinajstić information content (AvgIpc) is 2.51. The number of fused-ring (bicyclic) bond motifs is 2. The zero-order valence-electron chi connectivity index (χ0n) is 17.3. The van der Waals surface area contributed by atoms with Gasteiger partial charge in [-0.3, -0.25) is 0 Å². The van der Waals surface area contributed by atoms with E-state index in [4.69, 9.17) is 22.6 Å². The molecule has 2 aliphatic carbocycles. The van der Waals surface area contributed by atoms with E-state index < -0.39 is 13.5 Å². The van der Waals surface area contributed by atoms with Crippen molar-refractivity contribution in [1.82, 2.24) is 0 Å². The Morgan fingerprint density at radius 2 is 0.926 bits per heavy atom. The minimum atomic E-state index is -1.89. The molecule has 7 heteroatoms. The highest BCUT2D eigenvalue weighted by atomic mass is 16.9. The van der Waals surface area contributed by atoms with E-state index in [2.05, 4.69) is 0 Å². The molecule has 152 valence electrons. The first-order valence-electron chi connectivity index (χ1n) is 11.5. The lowest BCUT2D eigenvalue weighted by Crippen LogP contribution is -2.69. The summed E-state index contributed by atoms with van der Waals surface area (Å²) in [7, 11) is 0. The van der Waals surface area contributed by atoms with E-state index in [0.717, 1.165) is 25.7 Å². The molecule has 5 nitrogen and oxygen atoms in total. The summed E-state index contributed by atoms with van der Waals surface area (Å²) >= 11 is 0. The van der Waals surface area contributed by atoms with Crippen molar-refractivity contribution in [3.63, 3.8) is 0 Å². The van der Waals surface area contributed by atoms with Crippen LogP contribution in [-0.2, 0) is 22.6 Å². The van der Waals surface area contributed by atoms with Crippen LogP contribution in [0.25, 0.3) is 0 Å².